The van der Waals surface area contributed by atoms with Gasteiger partial charge in [-0.05, 0) is 18.6 Å². The van der Waals surface area contributed by atoms with Crippen LogP contribution in [0.3, 0.4) is 0 Å². The van der Waals surface area contributed by atoms with Crippen LogP contribution in [-0.4, -0.2) is 10.1 Å². The average Bonchev–Trinajstić information content (AvgIpc) is 2.03. The molecule has 1 aromatic rings. The largest absolute Gasteiger partial charge is 0.418 e. The van der Waals surface area contributed by atoms with E-state index in [2.05, 4.69) is 4.98 Å². The lowest BCUT2D eigenvalue weighted by atomic mass is 10.1. The summed E-state index contributed by atoms with van der Waals surface area (Å²) in [4.78, 5) is 3.36. The Labute approximate surface area is 73.0 Å². The average molecular weight is 191 g/mol. The van der Waals surface area contributed by atoms with Crippen molar-refractivity contribution in [3.63, 3.8) is 0 Å². The topological polar surface area (TPSA) is 33.1 Å². The van der Waals surface area contributed by atoms with Crippen LogP contribution in [0.5, 0.6) is 0 Å². The molecular weight excluding hydrogens is 183 g/mol. The first-order chi connectivity index (χ1) is 5.93. The molecule has 0 saturated carbocycles. The predicted molar refractivity (Wildman–Crippen MR) is 39.9 cm³/mol. The fourth-order valence-electron chi connectivity index (χ4n) is 1.01. The zero-order valence-electron chi connectivity index (χ0n) is 6.84. The van der Waals surface area contributed by atoms with Crippen LogP contribution in [-0.2, 0) is 6.18 Å². The maximum absolute atomic E-state index is 12.3. The van der Waals surface area contributed by atoms with E-state index in [0.29, 0.717) is 6.20 Å². The smallest absolute Gasteiger partial charge is 0.389 e. The van der Waals surface area contributed by atoms with Gasteiger partial charge in [-0.3, -0.25) is 4.98 Å². The Morgan fingerprint density at radius 3 is 2.46 bits per heavy atom. The van der Waals surface area contributed by atoms with E-state index in [1.54, 1.807) is 0 Å². The molecule has 0 fully saturated rings. The van der Waals surface area contributed by atoms with Crippen molar-refractivity contribution in [2.45, 2.75) is 19.2 Å². The third-order valence-corrected chi connectivity index (χ3v) is 1.61. The Hall–Kier alpha value is -1.10. The first kappa shape index (κ1) is 9.98. The Kier molecular flexibility index (Phi) is 2.56. The lowest BCUT2D eigenvalue weighted by Crippen LogP contribution is -2.11. The standard InChI is InChI=1S/C8H8F3NO/c1-5(13)6-2-3-12-4-7(6)8(9,10)11/h2-5,13H,1H3/t5-/m1/s1. The predicted octanol–water partition coefficient (Wildman–Crippen LogP) is 2.15. The summed E-state index contributed by atoms with van der Waals surface area (Å²) in [6, 6.07) is 1.16. The van der Waals surface area contributed by atoms with Crippen molar-refractivity contribution >= 4 is 0 Å². The Morgan fingerprint density at radius 1 is 1.46 bits per heavy atom. The monoisotopic (exact) mass is 191 g/mol. The molecule has 0 amide bonds. The van der Waals surface area contributed by atoms with Crippen LogP contribution in [0.1, 0.15) is 24.2 Å². The van der Waals surface area contributed by atoms with Crippen molar-refractivity contribution < 1.29 is 18.3 Å². The molecular formula is C8H8F3NO. The second kappa shape index (κ2) is 3.33. The molecule has 1 N–H and O–H groups in total. The number of hydrogen-bond donors (Lipinski definition) is 1. The zero-order valence-corrected chi connectivity index (χ0v) is 6.84. The molecule has 0 aliphatic rings. The van der Waals surface area contributed by atoms with Gasteiger partial charge in [-0.1, -0.05) is 0 Å². The van der Waals surface area contributed by atoms with Crippen LogP contribution >= 0.6 is 0 Å². The summed E-state index contributed by atoms with van der Waals surface area (Å²) in [5, 5.41) is 9.04. The molecule has 2 nitrogen and oxygen atoms in total. The number of aromatic nitrogens is 1. The van der Waals surface area contributed by atoms with Gasteiger partial charge in [-0.15, -0.1) is 0 Å². The fraction of sp³-hybridized carbons (Fsp3) is 0.375. The van der Waals surface area contributed by atoms with Gasteiger partial charge in [0.2, 0.25) is 0 Å². The number of rotatable bonds is 1. The Bertz CT molecular complexity index is 296. The minimum absolute atomic E-state index is 0.150. The molecule has 1 rings (SSSR count). The molecule has 0 aliphatic heterocycles. The molecule has 0 saturated heterocycles. The molecule has 0 radical (unpaired) electrons. The molecule has 72 valence electrons. The van der Waals surface area contributed by atoms with Gasteiger partial charge in [0.05, 0.1) is 11.7 Å². The van der Waals surface area contributed by atoms with Gasteiger partial charge < -0.3 is 5.11 Å². The summed E-state index contributed by atoms with van der Waals surface area (Å²) in [5.74, 6) is 0. The van der Waals surface area contributed by atoms with Crippen molar-refractivity contribution in [2.75, 3.05) is 0 Å². The number of aliphatic hydroxyl groups excluding tert-OH is 1. The Morgan fingerprint density at radius 2 is 2.08 bits per heavy atom. The fourth-order valence-corrected chi connectivity index (χ4v) is 1.01. The van der Waals surface area contributed by atoms with E-state index >= 15 is 0 Å². The highest BCUT2D eigenvalue weighted by Crippen LogP contribution is 2.33. The van der Waals surface area contributed by atoms with Gasteiger partial charge in [0.1, 0.15) is 0 Å². The molecule has 1 heterocycles. The third kappa shape index (κ3) is 2.18. The molecule has 1 atom stereocenters. The van der Waals surface area contributed by atoms with Gasteiger partial charge >= 0.3 is 6.18 Å². The van der Waals surface area contributed by atoms with E-state index in [9.17, 15) is 13.2 Å². The first-order valence-corrected chi connectivity index (χ1v) is 3.62. The number of halogens is 3. The molecule has 5 heteroatoms. The van der Waals surface area contributed by atoms with E-state index in [1.165, 1.54) is 13.1 Å². The molecule has 0 bridgehead atoms. The highest BCUT2D eigenvalue weighted by molar-refractivity contribution is 5.27. The lowest BCUT2D eigenvalue weighted by Gasteiger charge is -2.13. The number of aliphatic hydroxyl groups is 1. The molecule has 13 heavy (non-hydrogen) atoms. The maximum atomic E-state index is 12.3. The van der Waals surface area contributed by atoms with Crippen LogP contribution in [0.2, 0.25) is 0 Å². The van der Waals surface area contributed by atoms with E-state index in [4.69, 9.17) is 5.11 Å². The maximum Gasteiger partial charge on any atom is 0.418 e. The highest BCUT2D eigenvalue weighted by atomic mass is 19.4. The van der Waals surface area contributed by atoms with Crippen LogP contribution in [0.15, 0.2) is 18.5 Å². The summed E-state index contributed by atoms with van der Waals surface area (Å²) in [7, 11) is 0. The van der Waals surface area contributed by atoms with Gasteiger partial charge in [-0.2, -0.15) is 13.2 Å². The van der Waals surface area contributed by atoms with Crippen molar-refractivity contribution in [1.29, 1.82) is 0 Å². The van der Waals surface area contributed by atoms with E-state index in [-0.39, 0.29) is 5.56 Å². The van der Waals surface area contributed by atoms with Crippen molar-refractivity contribution in [2.24, 2.45) is 0 Å². The number of hydrogen-bond acceptors (Lipinski definition) is 2. The van der Waals surface area contributed by atoms with Crippen molar-refractivity contribution in [3.05, 3.63) is 29.6 Å². The van der Waals surface area contributed by atoms with Gasteiger partial charge in [0.15, 0.2) is 0 Å². The quantitative estimate of drug-likeness (QED) is 0.737. The normalized spacial score (nSPS) is 14.2. The summed E-state index contributed by atoms with van der Waals surface area (Å²) in [6.07, 6.45) is -3.67. The second-order valence-corrected chi connectivity index (χ2v) is 2.64. The van der Waals surface area contributed by atoms with Crippen molar-refractivity contribution in [3.8, 4) is 0 Å². The number of pyridine rings is 1. The summed E-state index contributed by atoms with van der Waals surface area (Å²) < 4.78 is 36.8. The van der Waals surface area contributed by atoms with Gasteiger partial charge in [0.25, 0.3) is 0 Å². The molecule has 0 unspecified atom stereocenters. The van der Waals surface area contributed by atoms with E-state index in [1.807, 2.05) is 0 Å². The Balaban J connectivity index is 3.20. The highest BCUT2D eigenvalue weighted by Gasteiger charge is 2.34. The second-order valence-electron chi connectivity index (χ2n) is 2.64. The zero-order chi connectivity index (χ0) is 10.1. The van der Waals surface area contributed by atoms with E-state index in [0.717, 1.165) is 6.07 Å². The van der Waals surface area contributed by atoms with Crippen LogP contribution in [0.25, 0.3) is 0 Å². The van der Waals surface area contributed by atoms with Gasteiger partial charge in [0, 0.05) is 12.4 Å². The lowest BCUT2D eigenvalue weighted by molar-refractivity contribution is -0.139. The SMILES string of the molecule is C[C@@H](O)c1ccncc1C(F)(F)F. The minimum Gasteiger partial charge on any atom is -0.389 e. The third-order valence-electron chi connectivity index (χ3n) is 1.61. The molecule has 0 aromatic carbocycles. The van der Waals surface area contributed by atoms with Crippen LogP contribution in [0, 0.1) is 0 Å². The molecule has 1 aromatic heterocycles. The van der Waals surface area contributed by atoms with Crippen LogP contribution < -0.4 is 0 Å². The van der Waals surface area contributed by atoms with Crippen LogP contribution in [0.4, 0.5) is 13.2 Å². The number of nitrogens with zero attached hydrogens (tertiary/aromatic N) is 1. The minimum atomic E-state index is -4.46. The van der Waals surface area contributed by atoms with Gasteiger partial charge in [-0.25, -0.2) is 0 Å². The summed E-state index contributed by atoms with van der Waals surface area (Å²) >= 11 is 0. The summed E-state index contributed by atoms with van der Waals surface area (Å²) in [5.41, 5.74) is -1.03. The first-order valence-electron chi connectivity index (χ1n) is 3.62. The van der Waals surface area contributed by atoms with Crippen molar-refractivity contribution in [1.82, 2.24) is 4.98 Å². The number of alkyl halides is 3. The summed E-state index contributed by atoms with van der Waals surface area (Å²) in [6.45, 7) is 1.28. The van der Waals surface area contributed by atoms with E-state index < -0.39 is 17.8 Å². The molecule has 0 aliphatic carbocycles. The molecule has 0 spiro atoms.